The highest BCUT2D eigenvalue weighted by molar-refractivity contribution is 5.34. The van der Waals surface area contributed by atoms with Crippen LogP contribution in [0.5, 0.6) is 5.88 Å². The Labute approximate surface area is 132 Å². The summed E-state index contributed by atoms with van der Waals surface area (Å²) < 4.78 is 7.25. The Balaban J connectivity index is 1.91. The molecule has 0 amide bonds. The second-order valence-electron chi connectivity index (χ2n) is 5.13. The fourth-order valence-corrected chi connectivity index (χ4v) is 2.44. The molecule has 2 heterocycles. The number of pyridine rings is 1. The number of methoxy groups -OCH3 is 1. The van der Waals surface area contributed by atoms with E-state index in [1.807, 2.05) is 18.3 Å². The number of nitrogens with one attached hydrogen (secondary N) is 1. The van der Waals surface area contributed by atoms with Gasteiger partial charge in [0.2, 0.25) is 5.88 Å². The molecule has 0 aliphatic heterocycles. The summed E-state index contributed by atoms with van der Waals surface area (Å²) in [4.78, 5) is 6.68. The predicted molar refractivity (Wildman–Crippen MR) is 89.6 cm³/mol. The van der Waals surface area contributed by atoms with Gasteiger partial charge in [-0.3, -0.25) is 0 Å². The van der Waals surface area contributed by atoms with Crippen molar-refractivity contribution in [3.8, 4) is 11.6 Å². The highest BCUT2D eigenvalue weighted by Crippen LogP contribution is 2.14. The van der Waals surface area contributed by atoms with E-state index in [-0.39, 0.29) is 0 Å². The van der Waals surface area contributed by atoms with Crippen molar-refractivity contribution in [1.82, 2.24) is 19.8 Å². The molecular weight excluding hydrogens is 276 g/mol. The first-order chi connectivity index (χ1) is 10.8. The number of hydrogen-bond acceptors (Lipinski definition) is 4. The van der Waals surface area contributed by atoms with Crippen molar-refractivity contribution in [2.75, 3.05) is 33.3 Å². The van der Waals surface area contributed by atoms with Crippen molar-refractivity contribution in [3.05, 3.63) is 42.4 Å². The summed E-state index contributed by atoms with van der Waals surface area (Å²) in [5.41, 5.74) is 2.28. The molecule has 0 spiro atoms. The normalized spacial score (nSPS) is 11.1. The molecule has 5 nitrogen and oxygen atoms in total. The van der Waals surface area contributed by atoms with E-state index < -0.39 is 0 Å². The molecule has 22 heavy (non-hydrogen) atoms. The maximum absolute atomic E-state index is 5.10. The third-order valence-electron chi connectivity index (χ3n) is 3.85. The SMILES string of the molecule is CCN(CC)CCNCc1cccn1-c1ccc(OC)nc1. The summed E-state index contributed by atoms with van der Waals surface area (Å²) in [7, 11) is 1.63. The Morgan fingerprint density at radius 3 is 2.68 bits per heavy atom. The lowest BCUT2D eigenvalue weighted by atomic mass is 10.3. The van der Waals surface area contributed by atoms with Crippen LogP contribution < -0.4 is 10.1 Å². The average Bonchev–Trinajstić information content (AvgIpc) is 3.03. The summed E-state index contributed by atoms with van der Waals surface area (Å²) in [5, 5.41) is 3.51. The molecule has 0 atom stereocenters. The fourth-order valence-electron chi connectivity index (χ4n) is 2.44. The molecule has 0 fully saturated rings. The van der Waals surface area contributed by atoms with Gasteiger partial charge >= 0.3 is 0 Å². The molecule has 0 unspecified atom stereocenters. The van der Waals surface area contributed by atoms with Crippen LogP contribution >= 0.6 is 0 Å². The highest BCUT2D eigenvalue weighted by Gasteiger charge is 2.04. The molecule has 0 saturated heterocycles. The number of ether oxygens (including phenoxy) is 1. The van der Waals surface area contributed by atoms with Crippen molar-refractivity contribution in [3.63, 3.8) is 0 Å². The van der Waals surface area contributed by atoms with Crippen molar-refractivity contribution < 1.29 is 4.74 Å². The maximum atomic E-state index is 5.10. The zero-order valence-corrected chi connectivity index (χ0v) is 13.7. The zero-order valence-electron chi connectivity index (χ0n) is 13.7. The summed E-state index contributed by atoms with van der Waals surface area (Å²) >= 11 is 0. The highest BCUT2D eigenvalue weighted by atomic mass is 16.5. The van der Waals surface area contributed by atoms with E-state index in [4.69, 9.17) is 4.74 Å². The van der Waals surface area contributed by atoms with Crippen molar-refractivity contribution in [2.45, 2.75) is 20.4 Å². The Hall–Kier alpha value is -1.85. The van der Waals surface area contributed by atoms with Gasteiger partial charge < -0.3 is 19.5 Å². The second kappa shape index (κ2) is 8.56. The Bertz CT molecular complexity index is 546. The summed E-state index contributed by atoms with van der Waals surface area (Å²) in [5.74, 6) is 0.634. The van der Waals surface area contributed by atoms with E-state index in [2.05, 4.69) is 51.9 Å². The first-order valence-electron chi connectivity index (χ1n) is 7.88. The van der Waals surface area contributed by atoms with E-state index >= 15 is 0 Å². The summed E-state index contributed by atoms with van der Waals surface area (Å²) in [6, 6.07) is 8.10. The lowest BCUT2D eigenvalue weighted by Crippen LogP contribution is -2.31. The Morgan fingerprint density at radius 2 is 2.05 bits per heavy atom. The van der Waals surface area contributed by atoms with E-state index in [0.717, 1.165) is 38.4 Å². The molecular formula is C17H26N4O. The molecule has 1 N–H and O–H groups in total. The lowest BCUT2D eigenvalue weighted by Gasteiger charge is -2.18. The molecule has 0 aliphatic carbocycles. The predicted octanol–water partition coefficient (Wildman–Crippen LogP) is 2.31. The molecule has 0 bridgehead atoms. The van der Waals surface area contributed by atoms with Gasteiger partial charge in [0.15, 0.2) is 0 Å². The molecule has 0 aromatic carbocycles. The zero-order chi connectivity index (χ0) is 15.8. The van der Waals surface area contributed by atoms with Crippen molar-refractivity contribution in [2.24, 2.45) is 0 Å². The molecule has 120 valence electrons. The van der Waals surface area contributed by atoms with E-state index in [1.165, 1.54) is 5.69 Å². The van der Waals surface area contributed by atoms with Gasteiger partial charge in [0.1, 0.15) is 0 Å². The number of hydrogen-bond donors (Lipinski definition) is 1. The van der Waals surface area contributed by atoms with Gasteiger partial charge in [0, 0.05) is 37.6 Å². The number of rotatable bonds is 9. The van der Waals surface area contributed by atoms with Crippen LogP contribution in [0.2, 0.25) is 0 Å². The van der Waals surface area contributed by atoms with Crippen LogP contribution in [0.1, 0.15) is 19.5 Å². The molecule has 0 aliphatic rings. The lowest BCUT2D eigenvalue weighted by molar-refractivity contribution is 0.302. The van der Waals surface area contributed by atoms with Crippen LogP contribution in [-0.2, 0) is 6.54 Å². The van der Waals surface area contributed by atoms with Crippen LogP contribution in [0.3, 0.4) is 0 Å². The van der Waals surface area contributed by atoms with Gasteiger partial charge in [-0.25, -0.2) is 4.98 Å². The van der Waals surface area contributed by atoms with E-state index in [9.17, 15) is 0 Å². The molecule has 2 aromatic rings. The first kappa shape index (κ1) is 16.5. The van der Waals surface area contributed by atoms with Gasteiger partial charge in [-0.1, -0.05) is 13.8 Å². The van der Waals surface area contributed by atoms with Crippen LogP contribution in [0.25, 0.3) is 5.69 Å². The topological polar surface area (TPSA) is 42.3 Å². The summed E-state index contributed by atoms with van der Waals surface area (Å²) in [6.45, 7) is 9.53. The molecule has 5 heteroatoms. The van der Waals surface area contributed by atoms with Crippen LogP contribution in [0.4, 0.5) is 0 Å². The van der Waals surface area contributed by atoms with E-state index in [1.54, 1.807) is 7.11 Å². The third kappa shape index (κ3) is 4.32. The first-order valence-corrected chi connectivity index (χ1v) is 7.88. The van der Waals surface area contributed by atoms with Crippen LogP contribution in [0, 0.1) is 0 Å². The van der Waals surface area contributed by atoms with E-state index in [0.29, 0.717) is 5.88 Å². The average molecular weight is 302 g/mol. The minimum atomic E-state index is 0.634. The molecule has 0 saturated carbocycles. The largest absolute Gasteiger partial charge is 0.481 e. The van der Waals surface area contributed by atoms with Crippen LogP contribution in [0.15, 0.2) is 36.7 Å². The van der Waals surface area contributed by atoms with Gasteiger partial charge in [0.25, 0.3) is 0 Å². The minimum absolute atomic E-state index is 0.634. The number of aromatic nitrogens is 2. The fraction of sp³-hybridized carbons (Fsp3) is 0.471. The molecule has 2 rings (SSSR count). The van der Waals surface area contributed by atoms with Gasteiger partial charge in [-0.05, 0) is 31.3 Å². The second-order valence-corrected chi connectivity index (χ2v) is 5.13. The number of nitrogens with zero attached hydrogens (tertiary/aromatic N) is 3. The minimum Gasteiger partial charge on any atom is -0.481 e. The van der Waals surface area contributed by atoms with Crippen LogP contribution in [-0.4, -0.2) is 47.7 Å². The van der Waals surface area contributed by atoms with Crippen molar-refractivity contribution in [1.29, 1.82) is 0 Å². The van der Waals surface area contributed by atoms with Crippen molar-refractivity contribution >= 4 is 0 Å². The van der Waals surface area contributed by atoms with Gasteiger partial charge in [-0.2, -0.15) is 0 Å². The Morgan fingerprint density at radius 1 is 1.23 bits per heavy atom. The standard InChI is InChI=1S/C17H26N4O/c1-4-20(5-2)12-10-18-13-15-7-6-11-21(15)16-8-9-17(22-3)19-14-16/h6-9,11,14,18H,4-5,10,12-13H2,1-3H3. The quantitative estimate of drug-likeness (QED) is 0.722. The molecule has 2 aromatic heterocycles. The third-order valence-corrected chi connectivity index (χ3v) is 3.85. The summed E-state index contributed by atoms with van der Waals surface area (Å²) in [6.07, 6.45) is 3.89. The smallest absolute Gasteiger partial charge is 0.213 e. The number of likely N-dealkylation sites (N-methyl/N-ethyl adjacent to an activating group) is 1. The molecule has 0 radical (unpaired) electrons. The monoisotopic (exact) mass is 302 g/mol. The Kier molecular flexibility index (Phi) is 6.43. The van der Waals surface area contributed by atoms with Gasteiger partial charge in [0.05, 0.1) is 19.0 Å². The maximum Gasteiger partial charge on any atom is 0.213 e. The van der Waals surface area contributed by atoms with Gasteiger partial charge in [-0.15, -0.1) is 0 Å².